The van der Waals surface area contributed by atoms with Crippen LogP contribution in [-0.2, 0) is 11.3 Å². The zero-order valence-corrected chi connectivity index (χ0v) is 8.24. The van der Waals surface area contributed by atoms with Crippen molar-refractivity contribution in [3.63, 3.8) is 0 Å². The molecule has 0 bridgehead atoms. The van der Waals surface area contributed by atoms with Gasteiger partial charge in [-0.1, -0.05) is 0 Å². The summed E-state index contributed by atoms with van der Waals surface area (Å²) in [5.41, 5.74) is 11.9. The fourth-order valence-electron chi connectivity index (χ4n) is 1.29. The Morgan fingerprint density at radius 3 is 3.00 bits per heavy atom. The zero-order chi connectivity index (χ0) is 11.7. The van der Waals surface area contributed by atoms with Gasteiger partial charge in [-0.05, 0) is 0 Å². The number of nitrogens with zero attached hydrogens (tertiary/aromatic N) is 4. The maximum absolute atomic E-state index is 10.6. The highest BCUT2D eigenvalue weighted by atomic mass is 16.4. The minimum Gasteiger partial charge on any atom is -0.480 e. The lowest BCUT2D eigenvalue weighted by Crippen LogP contribution is -2.34. The van der Waals surface area contributed by atoms with Gasteiger partial charge in [0.05, 0.1) is 19.1 Å². The van der Waals surface area contributed by atoms with E-state index in [2.05, 4.69) is 15.0 Å². The van der Waals surface area contributed by atoms with Gasteiger partial charge in [-0.3, -0.25) is 4.79 Å². The van der Waals surface area contributed by atoms with Crippen LogP contribution in [0.4, 0.5) is 5.95 Å². The molecule has 0 aliphatic rings. The summed E-state index contributed by atoms with van der Waals surface area (Å²) >= 11 is 0. The van der Waals surface area contributed by atoms with Gasteiger partial charge in [0.1, 0.15) is 11.6 Å². The summed E-state index contributed by atoms with van der Waals surface area (Å²) in [5.74, 6) is -0.970. The van der Waals surface area contributed by atoms with Crippen molar-refractivity contribution in [3.8, 4) is 0 Å². The lowest BCUT2D eigenvalue weighted by Gasteiger charge is -2.07. The van der Waals surface area contributed by atoms with Crippen LogP contribution in [0.25, 0.3) is 11.2 Å². The number of carboxylic acids is 1. The quantitative estimate of drug-likeness (QED) is 0.595. The molecule has 2 aromatic heterocycles. The number of aliphatic carboxylic acids is 1. The summed E-state index contributed by atoms with van der Waals surface area (Å²) < 4.78 is 1.53. The predicted molar refractivity (Wildman–Crippen MR) is 55.3 cm³/mol. The van der Waals surface area contributed by atoms with Crippen molar-refractivity contribution in [2.24, 2.45) is 5.73 Å². The molecule has 2 rings (SSSR count). The molecule has 0 spiro atoms. The van der Waals surface area contributed by atoms with Gasteiger partial charge in [0.2, 0.25) is 5.95 Å². The van der Waals surface area contributed by atoms with Crippen molar-refractivity contribution < 1.29 is 9.90 Å². The molecule has 16 heavy (non-hydrogen) atoms. The second-order valence-electron chi connectivity index (χ2n) is 3.28. The SMILES string of the molecule is Nc1ncc2ncn(C[C@H](N)C(=O)O)c2n1. The van der Waals surface area contributed by atoms with E-state index in [0.717, 1.165) is 0 Å². The molecule has 0 unspecified atom stereocenters. The number of aromatic nitrogens is 4. The van der Waals surface area contributed by atoms with Crippen LogP contribution in [0.1, 0.15) is 0 Å². The number of hydrogen-bond acceptors (Lipinski definition) is 6. The summed E-state index contributed by atoms with van der Waals surface area (Å²) in [6.45, 7) is 0.0856. The zero-order valence-electron chi connectivity index (χ0n) is 8.24. The summed E-state index contributed by atoms with van der Waals surface area (Å²) in [7, 11) is 0. The first kappa shape index (κ1) is 10.3. The Balaban J connectivity index is 2.37. The molecule has 0 aliphatic heterocycles. The average Bonchev–Trinajstić information content (AvgIpc) is 2.61. The molecule has 0 aliphatic carbocycles. The van der Waals surface area contributed by atoms with Crippen LogP contribution in [-0.4, -0.2) is 36.6 Å². The number of hydrogen-bond donors (Lipinski definition) is 3. The maximum Gasteiger partial charge on any atom is 0.322 e. The Labute approximate surface area is 89.9 Å². The third-order valence-corrected chi connectivity index (χ3v) is 2.09. The third kappa shape index (κ3) is 1.77. The minimum atomic E-state index is -1.08. The van der Waals surface area contributed by atoms with Gasteiger partial charge in [0.25, 0.3) is 0 Å². The summed E-state index contributed by atoms with van der Waals surface area (Å²) in [6.07, 6.45) is 2.93. The Kier molecular flexibility index (Phi) is 2.41. The van der Waals surface area contributed by atoms with Gasteiger partial charge < -0.3 is 21.1 Å². The Morgan fingerprint density at radius 1 is 1.56 bits per heavy atom. The number of nitrogens with two attached hydrogens (primary N) is 2. The van der Waals surface area contributed by atoms with Crippen LogP contribution in [0.2, 0.25) is 0 Å². The molecule has 8 heteroatoms. The molecule has 0 saturated heterocycles. The number of rotatable bonds is 3. The Bertz CT molecular complexity index is 536. The number of anilines is 1. The smallest absolute Gasteiger partial charge is 0.322 e. The van der Waals surface area contributed by atoms with E-state index >= 15 is 0 Å². The molecule has 0 saturated carbocycles. The van der Waals surface area contributed by atoms with E-state index in [1.165, 1.54) is 17.1 Å². The molecular weight excluding hydrogens is 212 g/mol. The third-order valence-electron chi connectivity index (χ3n) is 2.09. The standard InChI is InChI=1S/C8H10N6O2/c9-4(7(15)16)2-14-3-12-5-1-11-8(10)13-6(5)14/h1,3-4H,2,9H2,(H,15,16)(H2,10,11,13)/t4-/m0/s1. The monoisotopic (exact) mass is 222 g/mol. The number of fused-ring (bicyclic) bond motifs is 1. The lowest BCUT2D eigenvalue weighted by molar-refractivity contribution is -0.138. The maximum atomic E-state index is 10.6. The average molecular weight is 222 g/mol. The molecule has 1 atom stereocenters. The van der Waals surface area contributed by atoms with Crippen molar-refractivity contribution in [2.45, 2.75) is 12.6 Å². The van der Waals surface area contributed by atoms with E-state index in [0.29, 0.717) is 11.2 Å². The molecule has 0 radical (unpaired) electrons. The molecule has 8 nitrogen and oxygen atoms in total. The number of carboxylic acid groups (broad SMARTS) is 1. The van der Waals surface area contributed by atoms with Crippen molar-refractivity contribution in [1.29, 1.82) is 0 Å². The number of carbonyl (C=O) groups is 1. The van der Waals surface area contributed by atoms with Gasteiger partial charge >= 0.3 is 5.97 Å². The highest BCUT2D eigenvalue weighted by Gasteiger charge is 2.14. The summed E-state index contributed by atoms with van der Waals surface area (Å²) in [4.78, 5) is 22.4. The second kappa shape index (κ2) is 3.74. The Morgan fingerprint density at radius 2 is 2.31 bits per heavy atom. The second-order valence-corrected chi connectivity index (χ2v) is 3.28. The van der Waals surface area contributed by atoms with Crippen molar-refractivity contribution in [2.75, 3.05) is 5.73 Å². The summed E-state index contributed by atoms with van der Waals surface area (Å²) in [6, 6.07) is -1.01. The van der Waals surface area contributed by atoms with E-state index in [1.54, 1.807) is 0 Å². The fraction of sp³-hybridized carbons (Fsp3) is 0.250. The van der Waals surface area contributed by atoms with E-state index < -0.39 is 12.0 Å². The first-order chi connectivity index (χ1) is 7.58. The van der Waals surface area contributed by atoms with Crippen molar-refractivity contribution in [3.05, 3.63) is 12.5 Å². The molecular formula is C8H10N6O2. The molecule has 84 valence electrons. The van der Waals surface area contributed by atoms with E-state index in [1.807, 2.05) is 0 Å². The van der Waals surface area contributed by atoms with Crippen molar-refractivity contribution >= 4 is 23.1 Å². The molecule has 0 amide bonds. The van der Waals surface area contributed by atoms with Crippen LogP contribution < -0.4 is 11.5 Å². The van der Waals surface area contributed by atoms with Crippen LogP contribution in [0, 0.1) is 0 Å². The van der Waals surface area contributed by atoms with E-state index in [4.69, 9.17) is 16.6 Å². The van der Waals surface area contributed by atoms with Gasteiger partial charge in [0.15, 0.2) is 5.65 Å². The highest BCUT2D eigenvalue weighted by molar-refractivity contribution is 5.74. The largest absolute Gasteiger partial charge is 0.480 e. The topological polar surface area (TPSA) is 133 Å². The lowest BCUT2D eigenvalue weighted by atomic mass is 10.3. The molecule has 0 fully saturated rings. The van der Waals surface area contributed by atoms with E-state index in [-0.39, 0.29) is 12.5 Å². The fourth-order valence-corrected chi connectivity index (χ4v) is 1.29. The summed E-state index contributed by atoms with van der Waals surface area (Å²) in [5, 5.41) is 8.69. The number of imidazole rings is 1. The molecule has 5 N–H and O–H groups in total. The van der Waals surface area contributed by atoms with Gasteiger partial charge in [-0.2, -0.15) is 4.98 Å². The minimum absolute atomic E-state index is 0.0856. The van der Waals surface area contributed by atoms with Gasteiger partial charge in [-0.15, -0.1) is 0 Å². The van der Waals surface area contributed by atoms with Crippen LogP contribution >= 0.6 is 0 Å². The molecule has 2 heterocycles. The number of nitrogen functional groups attached to an aromatic ring is 1. The van der Waals surface area contributed by atoms with E-state index in [9.17, 15) is 4.79 Å². The normalized spacial score (nSPS) is 12.8. The van der Waals surface area contributed by atoms with Crippen LogP contribution in [0.15, 0.2) is 12.5 Å². The molecule has 0 aromatic carbocycles. The first-order valence-corrected chi connectivity index (χ1v) is 4.49. The van der Waals surface area contributed by atoms with Crippen LogP contribution in [0.3, 0.4) is 0 Å². The van der Waals surface area contributed by atoms with Gasteiger partial charge in [-0.25, -0.2) is 9.97 Å². The Hall–Kier alpha value is -2.22. The highest BCUT2D eigenvalue weighted by Crippen LogP contribution is 2.09. The van der Waals surface area contributed by atoms with Gasteiger partial charge in [0, 0.05) is 0 Å². The molecule has 2 aromatic rings. The first-order valence-electron chi connectivity index (χ1n) is 4.49. The van der Waals surface area contributed by atoms with Crippen molar-refractivity contribution in [1.82, 2.24) is 19.5 Å². The predicted octanol–water partition coefficient (Wildman–Crippen LogP) is -1.18. The van der Waals surface area contributed by atoms with Crippen LogP contribution in [0.5, 0.6) is 0 Å².